The fourth-order valence-corrected chi connectivity index (χ4v) is 1.70. The van der Waals surface area contributed by atoms with Gasteiger partial charge in [0.25, 0.3) is 5.91 Å². The molecule has 0 saturated heterocycles. The second-order valence-electron chi connectivity index (χ2n) is 4.57. The average Bonchev–Trinajstić information content (AvgIpc) is 2.37. The Balaban J connectivity index is 3.10. The molecule has 0 radical (unpaired) electrons. The molecule has 6 nitrogen and oxygen atoms in total. The molecule has 0 spiro atoms. The molecule has 6 heteroatoms. The number of hydrogen-bond acceptors (Lipinski definition) is 4. The summed E-state index contributed by atoms with van der Waals surface area (Å²) in [4.78, 5) is 13.9. The van der Waals surface area contributed by atoms with E-state index in [1.54, 1.807) is 19.1 Å². The summed E-state index contributed by atoms with van der Waals surface area (Å²) in [7, 11) is 0. The zero-order chi connectivity index (χ0) is 14.6. The minimum atomic E-state index is -0.269. The second-order valence-corrected chi connectivity index (χ2v) is 4.57. The Morgan fingerprint density at radius 3 is 2.63 bits per heavy atom. The molecule has 0 aliphatic rings. The first-order chi connectivity index (χ1) is 8.88. The van der Waals surface area contributed by atoms with Gasteiger partial charge in [-0.1, -0.05) is 11.2 Å². The van der Waals surface area contributed by atoms with Crippen LogP contribution < -0.4 is 5.73 Å². The summed E-state index contributed by atoms with van der Waals surface area (Å²) in [6, 6.07) is 4.65. The standard InChI is InChI=1S/C13H19N3O3/c1-8(2)16(7-12(14)15-19)13(18)10-5-4-6-11(17)9(10)3/h4-6,8,17,19H,7H2,1-3H3,(H2,14,15). The van der Waals surface area contributed by atoms with Crippen LogP contribution in [0.5, 0.6) is 5.75 Å². The third-order valence-electron chi connectivity index (χ3n) is 2.88. The van der Waals surface area contributed by atoms with Crippen molar-refractivity contribution in [3.8, 4) is 5.75 Å². The summed E-state index contributed by atoms with van der Waals surface area (Å²) in [5.41, 5.74) is 6.37. The summed E-state index contributed by atoms with van der Waals surface area (Å²) in [6.07, 6.45) is 0. The van der Waals surface area contributed by atoms with Crippen molar-refractivity contribution in [2.45, 2.75) is 26.8 Å². The van der Waals surface area contributed by atoms with Crippen molar-refractivity contribution in [3.05, 3.63) is 29.3 Å². The normalized spacial score (nSPS) is 11.7. The Kier molecular flexibility index (Phi) is 4.74. The number of hydrogen-bond donors (Lipinski definition) is 3. The smallest absolute Gasteiger partial charge is 0.254 e. The van der Waals surface area contributed by atoms with Crippen molar-refractivity contribution >= 4 is 11.7 Å². The van der Waals surface area contributed by atoms with Gasteiger partial charge in [0.1, 0.15) is 5.75 Å². The monoisotopic (exact) mass is 265 g/mol. The quantitative estimate of drug-likeness (QED) is 0.330. The van der Waals surface area contributed by atoms with Crippen molar-refractivity contribution in [1.82, 2.24) is 4.90 Å². The molecule has 0 atom stereocenters. The topological polar surface area (TPSA) is 99.2 Å². The van der Waals surface area contributed by atoms with E-state index in [2.05, 4.69) is 5.16 Å². The molecule has 104 valence electrons. The van der Waals surface area contributed by atoms with Gasteiger partial charge < -0.3 is 20.9 Å². The SMILES string of the molecule is Cc1c(O)cccc1C(=O)N(C/C(N)=N/O)C(C)C. The third-order valence-corrected chi connectivity index (χ3v) is 2.88. The second kappa shape index (κ2) is 6.08. The minimum absolute atomic E-state index is 0.0299. The van der Waals surface area contributed by atoms with Gasteiger partial charge in [0.2, 0.25) is 0 Å². The number of nitrogens with zero attached hydrogens (tertiary/aromatic N) is 2. The van der Waals surface area contributed by atoms with Crippen LogP contribution in [-0.4, -0.2) is 39.5 Å². The lowest BCUT2D eigenvalue weighted by atomic mass is 10.1. The highest BCUT2D eigenvalue weighted by molar-refractivity contribution is 5.98. The molecule has 1 rings (SSSR count). The number of carbonyl (C=O) groups excluding carboxylic acids is 1. The van der Waals surface area contributed by atoms with E-state index >= 15 is 0 Å². The van der Waals surface area contributed by atoms with Gasteiger partial charge in [-0.05, 0) is 32.9 Å². The third kappa shape index (κ3) is 3.37. The van der Waals surface area contributed by atoms with Crippen LogP contribution in [0.25, 0.3) is 0 Å². The molecule has 0 aromatic heterocycles. The molecule has 0 bridgehead atoms. The van der Waals surface area contributed by atoms with E-state index in [1.165, 1.54) is 11.0 Å². The van der Waals surface area contributed by atoms with E-state index in [-0.39, 0.29) is 30.1 Å². The number of rotatable bonds is 4. The van der Waals surface area contributed by atoms with Gasteiger partial charge in [-0.15, -0.1) is 0 Å². The molecule has 1 aromatic rings. The number of aromatic hydroxyl groups is 1. The summed E-state index contributed by atoms with van der Waals surface area (Å²) < 4.78 is 0. The average molecular weight is 265 g/mol. The maximum atomic E-state index is 12.4. The molecule has 0 unspecified atom stereocenters. The zero-order valence-electron chi connectivity index (χ0n) is 11.3. The molecule has 0 aliphatic carbocycles. The van der Waals surface area contributed by atoms with Crippen molar-refractivity contribution in [1.29, 1.82) is 0 Å². The molecule has 0 aliphatic heterocycles. The number of nitrogens with two attached hydrogens (primary N) is 1. The Morgan fingerprint density at radius 1 is 1.47 bits per heavy atom. The Labute approximate surface area is 112 Å². The molecule has 1 aromatic carbocycles. The largest absolute Gasteiger partial charge is 0.508 e. The first-order valence-electron chi connectivity index (χ1n) is 5.94. The van der Waals surface area contributed by atoms with E-state index in [9.17, 15) is 9.90 Å². The van der Waals surface area contributed by atoms with Gasteiger partial charge in [-0.3, -0.25) is 4.79 Å². The Hall–Kier alpha value is -2.24. The maximum absolute atomic E-state index is 12.4. The summed E-state index contributed by atoms with van der Waals surface area (Å²) in [5, 5.41) is 21.1. The number of oxime groups is 1. The molecule has 19 heavy (non-hydrogen) atoms. The number of amides is 1. The van der Waals surface area contributed by atoms with E-state index < -0.39 is 0 Å². The number of benzene rings is 1. The van der Waals surface area contributed by atoms with E-state index in [0.29, 0.717) is 11.1 Å². The molecular formula is C13H19N3O3. The van der Waals surface area contributed by atoms with Crippen LogP contribution in [-0.2, 0) is 0 Å². The lowest BCUT2D eigenvalue weighted by Crippen LogP contribution is -2.43. The molecule has 0 heterocycles. The van der Waals surface area contributed by atoms with Crippen LogP contribution in [0, 0.1) is 6.92 Å². The van der Waals surface area contributed by atoms with Crippen LogP contribution in [0.2, 0.25) is 0 Å². The predicted octanol–water partition coefficient (Wildman–Crippen LogP) is 1.30. The van der Waals surface area contributed by atoms with Gasteiger partial charge in [0.15, 0.2) is 5.84 Å². The fraction of sp³-hybridized carbons (Fsp3) is 0.385. The van der Waals surface area contributed by atoms with Gasteiger partial charge in [-0.2, -0.15) is 0 Å². The number of phenols is 1. The molecule has 0 saturated carbocycles. The van der Waals surface area contributed by atoms with Gasteiger partial charge in [-0.25, -0.2) is 0 Å². The van der Waals surface area contributed by atoms with Gasteiger partial charge >= 0.3 is 0 Å². The lowest BCUT2D eigenvalue weighted by Gasteiger charge is -2.26. The van der Waals surface area contributed by atoms with Crippen LogP contribution in [0.3, 0.4) is 0 Å². The first kappa shape index (κ1) is 14.8. The minimum Gasteiger partial charge on any atom is -0.508 e. The van der Waals surface area contributed by atoms with Crippen LogP contribution >= 0.6 is 0 Å². The maximum Gasteiger partial charge on any atom is 0.254 e. The van der Waals surface area contributed by atoms with E-state index in [4.69, 9.17) is 10.9 Å². The molecule has 4 N–H and O–H groups in total. The highest BCUT2D eigenvalue weighted by atomic mass is 16.4. The van der Waals surface area contributed by atoms with Crippen LogP contribution in [0.4, 0.5) is 0 Å². The van der Waals surface area contributed by atoms with Crippen LogP contribution in [0.15, 0.2) is 23.4 Å². The summed E-state index contributed by atoms with van der Waals surface area (Å²) in [5.74, 6) is -0.242. The Bertz CT molecular complexity index is 498. The first-order valence-corrected chi connectivity index (χ1v) is 5.94. The highest BCUT2D eigenvalue weighted by Gasteiger charge is 2.22. The van der Waals surface area contributed by atoms with Crippen molar-refractivity contribution < 1.29 is 15.1 Å². The number of carbonyl (C=O) groups is 1. The van der Waals surface area contributed by atoms with E-state index in [1.807, 2.05) is 13.8 Å². The summed E-state index contributed by atoms with van der Waals surface area (Å²) in [6.45, 7) is 5.37. The van der Waals surface area contributed by atoms with Crippen molar-refractivity contribution in [3.63, 3.8) is 0 Å². The molecule has 1 amide bonds. The lowest BCUT2D eigenvalue weighted by molar-refractivity contribution is 0.0733. The number of phenolic OH excluding ortho intramolecular Hbond substituents is 1. The predicted molar refractivity (Wildman–Crippen MR) is 72.4 cm³/mol. The van der Waals surface area contributed by atoms with Gasteiger partial charge in [0, 0.05) is 17.2 Å². The zero-order valence-corrected chi connectivity index (χ0v) is 11.3. The molecule has 0 fully saturated rings. The highest BCUT2D eigenvalue weighted by Crippen LogP contribution is 2.21. The van der Waals surface area contributed by atoms with E-state index in [0.717, 1.165) is 0 Å². The molecular weight excluding hydrogens is 246 g/mol. The number of amidine groups is 1. The summed E-state index contributed by atoms with van der Waals surface area (Å²) >= 11 is 0. The van der Waals surface area contributed by atoms with Gasteiger partial charge in [0.05, 0.1) is 6.54 Å². The van der Waals surface area contributed by atoms with Crippen LogP contribution in [0.1, 0.15) is 29.8 Å². The van der Waals surface area contributed by atoms with Crippen molar-refractivity contribution in [2.75, 3.05) is 6.54 Å². The van der Waals surface area contributed by atoms with Crippen molar-refractivity contribution in [2.24, 2.45) is 10.9 Å². The Morgan fingerprint density at radius 2 is 2.11 bits per heavy atom. The fourth-order valence-electron chi connectivity index (χ4n) is 1.70.